The van der Waals surface area contributed by atoms with Crippen LogP contribution in [0.3, 0.4) is 0 Å². The van der Waals surface area contributed by atoms with Crippen molar-refractivity contribution >= 4 is 33.4 Å². The first kappa shape index (κ1) is 21.7. The van der Waals surface area contributed by atoms with E-state index in [9.17, 15) is 22.0 Å². The first-order chi connectivity index (χ1) is 13.9. The molecule has 2 aromatic rings. The van der Waals surface area contributed by atoms with Gasteiger partial charge in [0.25, 0.3) is 0 Å². The maximum Gasteiger partial charge on any atom is 0.243 e. The lowest BCUT2D eigenvalue weighted by Crippen LogP contribution is -2.40. The minimum absolute atomic E-state index is 0.0103. The van der Waals surface area contributed by atoms with E-state index >= 15 is 0 Å². The van der Waals surface area contributed by atoms with Crippen molar-refractivity contribution in [3.8, 4) is 0 Å². The molecule has 0 aliphatic carbocycles. The highest BCUT2D eigenvalue weighted by Gasteiger charge is 2.26. The van der Waals surface area contributed by atoms with Gasteiger partial charge in [0.15, 0.2) is 11.6 Å². The van der Waals surface area contributed by atoms with Gasteiger partial charge in [0.2, 0.25) is 15.9 Å². The van der Waals surface area contributed by atoms with E-state index in [1.165, 1.54) is 28.6 Å². The minimum Gasteiger partial charge on any atom is -0.379 e. The Morgan fingerprint density at radius 3 is 2.62 bits per heavy atom. The molecular formula is C19H20F2N2O4S2. The predicted octanol–water partition coefficient (Wildman–Crippen LogP) is 2.86. The SMILES string of the molecule is O=C(CSCc1cccc(F)c1F)Nc1cccc(S(=O)(=O)N2CCOCC2)c1. The van der Waals surface area contributed by atoms with Gasteiger partial charge in [-0.15, -0.1) is 11.8 Å². The molecule has 1 amide bonds. The highest BCUT2D eigenvalue weighted by molar-refractivity contribution is 7.99. The van der Waals surface area contributed by atoms with E-state index in [1.807, 2.05) is 0 Å². The number of benzene rings is 2. The molecule has 0 unspecified atom stereocenters. The zero-order valence-corrected chi connectivity index (χ0v) is 17.1. The fourth-order valence-corrected chi connectivity index (χ4v) is 5.04. The molecule has 0 radical (unpaired) electrons. The Bertz CT molecular complexity index is 980. The number of hydrogen-bond donors (Lipinski definition) is 1. The number of amides is 1. The van der Waals surface area contributed by atoms with E-state index in [0.717, 1.165) is 17.8 Å². The first-order valence-electron chi connectivity index (χ1n) is 8.86. The van der Waals surface area contributed by atoms with E-state index in [0.29, 0.717) is 18.9 Å². The summed E-state index contributed by atoms with van der Waals surface area (Å²) in [6.07, 6.45) is 0. The lowest BCUT2D eigenvalue weighted by Gasteiger charge is -2.26. The number of carbonyl (C=O) groups excluding carboxylic acids is 1. The Balaban J connectivity index is 1.58. The molecule has 0 saturated carbocycles. The molecule has 0 spiro atoms. The Kier molecular flexibility index (Phi) is 7.23. The fourth-order valence-electron chi connectivity index (χ4n) is 2.78. The molecule has 3 rings (SSSR count). The van der Waals surface area contributed by atoms with Crippen LogP contribution in [-0.4, -0.2) is 50.7 Å². The Labute approximate surface area is 172 Å². The van der Waals surface area contributed by atoms with Crippen LogP contribution in [0.25, 0.3) is 0 Å². The van der Waals surface area contributed by atoms with Gasteiger partial charge in [-0.25, -0.2) is 17.2 Å². The van der Waals surface area contributed by atoms with Crippen LogP contribution >= 0.6 is 11.8 Å². The quantitative estimate of drug-likeness (QED) is 0.714. The number of rotatable bonds is 7. The van der Waals surface area contributed by atoms with Crippen molar-refractivity contribution in [2.24, 2.45) is 0 Å². The Morgan fingerprint density at radius 1 is 1.14 bits per heavy atom. The molecule has 2 aromatic carbocycles. The van der Waals surface area contributed by atoms with Crippen LogP contribution in [0.5, 0.6) is 0 Å². The lowest BCUT2D eigenvalue weighted by atomic mass is 10.2. The maximum absolute atomic E-state index is 13.6. The molecule has 1 saturated heterocycles. The summed E-state index contributed by atoms with van der Waals surface area (Å²) in [7, 11) is -3.66. The van der Waals surface area contributed by atoms with Crippen LogP contribution in [0, 0.1) is 11.6 Å². The van der Waals surface area contributed by atoms with Crippen LogP contribution in [0.15, 0.2) is 47.4 Å². The highest BCUT2D eigenvalue weighted by Crippen LogP contribution is 2.21. The van der Waals surface area contributed by atoms with Crippen molar-refractivity contribution in [1.82, 2.24) is 4.31 Å². The van der Waals surface area contributed by atoms with Gasteiger partial charge in [0, 0.05) is 30.1 Å². The summed E-state index contributed by atoms with van der Waals surface area (Å²) >= 11 is 1.13. The number of thioether (sulfide) groups is 1. The van der Waals surface area contributed by atoms with Crippen LogP contribution in [-0.2, 0) is 25.3 Å². The second kappa shape index (κ2) is 9.66. The largest absolute Gasteiger partial charge is 0.379 e. The van der Waals surface area contributed by atoms with Crippen LogP contribution in [0.4, 0.5) is 14.5 Å². The summed E-state index contributed by atoms with van der Waals surface area (Å²) in [6.45, 7) is 1.26. The molecule has 29 heavy (non-hydrogen) atoms. The van der Waals surface area contributed by atoms with Gasteiger partial charge in [-0.2, -0.15) is 4.31 Å². The first-order valence-corrected chi connectivity index (χ1v) is 11.5. The molecule has 0 atom stereocenters. The summed E-state index contributed by atoms with van der Waals surface area (Å²) in [4.78, 5) is 12.2. The second-order valence-electron chi connectivity index (χ2n) is 6.30. The predicted molar refractivity (Wildman–Crippen MR) is 107 cm³/mol. The summed E-state index contributed by atoms with van der Waals surface area (Å²) in [5, 5.41) is 2.63. The number of ether oxygens (including phenoxy) is 1. The van der Waals surface area contributed by atoms with Gasteiger partial charge in [-0.3, -0.25) is 4.79 Å². The van der Waals surface area contributed by atoms with Crippen molar-refractivity contribution in [3.63, 3.8) is 0 Å². The van der Waals surface area contributed by atoms with Crippen LogP contribution < -0.4 is 5.32 Å². The molecular weight excluding hydrogens is 422 g/mol. The number of anilines is 1. The van der Waals surface area contributed by atoms with Gasteiger partial charge in [-0.05, 0) is 24.3 Å². The maximum atomic E-state index is 13.6. The Hall–Kier alpha value is -2.01. The summed E-state index contributed by atoms with van der Waals surface area (Å²) in [6, 6.07) is 9.93. The fraction of sp³-hybridized carbons (Fsp3) is 0.316. The third-order valence-corrected chi connectivity index (χ3v) is 7.12. The normalized spacial score (nSPS) is 15.2. The minimum atomic E-state index is -3.66. The summed E-state index contributed by atoms with van der Waals surface area (Å²) < 4.78 is 58.8. The average molecular weight is 443 g/mol. The summed E-state index contributed by atoms with van der Waals surface area (Å²) in [5.74, 6) is -2.06. The Morgan fingerprint density at radius 2 is 1.86 bits per heavy atom. The van der Waals surface area contributed by atoms with Crippen LogP contribution in [0.1, 0.15) is 5.56 Å². The van der Waals surface area contributed by atoms with E-state index < -0.39 is 21.7 Å². The van der Waals surface area contributed by atoms with Crippen molar-refractivity contribution < 1.29 is 26.7 Å². The zero-order valence-electron chi connectivity index (χ0n) is 15.4. The van der Waals surface area contributed by atoms with E-state index in [-0.39, 0.29) is 41.0 Å². The summed E-state index contributed by atoms with van der Waals surface area (Å²) in [5.41, 5.74) is 0.531. The standard InChI is InChI=1S/C19H20F2N2O4S2/c20-17-6-1-3-14(19(17)21)12-28-13-18(24)22-15-4-2-5-16(11-15)29(25,26)23-7-9-27-10-8-23/h1-6,11H,7-10,12-13H2,(H,22,24). The van der Waals surface area contributed by atoms with Crippen molar-refractivity contribution in [2.75, 3.05) is 37.4 Å². The van der Waals surface area contributed by atoms with Gasteiger partial charge in [0.1, 0.15) is 0 Å². The van der Waals surface area contributed by atoms with E-state index in [4.69, 9.17) is 4.74 Å². The smallest absolute Gasteiger partial charge is 0.243 e. The van der Waals surface area contributed by atoms with Gasteiger partial charge in [-0.1, -0.05) is 18.2 Å². The zero-order chi connectivity index (χ0) is 20.9. The third-order valence-electron chi connectivity index (χ3n) is 4.25. The number of nitrogens with zero attached hydrogens (tertiary/aromatic N) is 1. The third kappa shape index (κ3) is 5.53. The number of morpholine rings is 1. The molecule has 6 nitrogen and oxygen atoms in total. The monoisotopic (exact) mass is 442 g/mol. The second-order valence-corrected chi connectivity index (χ2v) is 9.22. The number of halogens is 2. The molecule has 1 N–H and O–H groups in total. The molecule has 1 fully saturated rings. The average Bonchev–Trinajstić information content (AvgIpc) is 2.72. The number of nitrogens with one attached hydrogen (secondary N) is 1. The van der Waals surface area contributed by atoms with E-state index in [1.54, 1.807) is 12.1 Å². The van der Waals surface area contributed by atoms with E-state index in [2.05, 4.69) is 5.32 Å². The number of carbonyl (C=O) groups is 1. The van der Waals surface area contributed by atoms with Crippen LogP contribution in [0.2, 0.25) is 0 Å². The van der Waals surface area contributed by atoms with Gasteiger partial charge >= 0.3 is 0 Å². The van der Waals surface area contributed by atoms with Crippen molar-refractivity contribution in [2.45, 2.75) is 10.6 Å². The van der Waals surface area contributed by atoms with Gasteiger partial charge < -0.3 is 10.1 Å². The molecule has 10 heteroatoms. The number of sulfonamides is 1. The molecule has 0 bridgehead atoms. The molecule has 0 aromatic heterocycles. The molecule has 1 aliphatic rings. The van der Waals surface area contributed by atoms with Crippen molar-refractivity contribution in [3.05, 3.63) is 59.7 Å². The molecule has 1 heterocycles. The topological polar surface area (TPSA) is 75.7 Å². The highest BCUT2D eigenvalue weighted by atomic mass is 32.2. The van der Waals surface area contributed by atoms with Crippen molar-refractivity contribution in [1.29, 1.82) is 0 Å². The molecule has 1 aliphatic heterocycles. The van der Waals surface area contributed by atoms with Gasteiger partial charge in [0.05, 0.1) is 23.9 Å². The lowest BCUT2D eigenvalue weighted by molar-refractivity contribution is -0.113. The molecule has 156 valence electrons. The number of hydrogen-bond acceptors (Lipinski definition) is 5.